The van der Waals surface area contributed by atoms with E-state index in [-0.39, 0.29) is 5.82 Å². The smallest absolute Gasteiger partial charge is 0.218 e. The van der Waals surface area contributed by atoms with Crippen molar-refractivity contribution < 1.29 is 8.78 Å². The van der Waals surface area contributed by atoms with Crippen molar-refractivity contribution >= 4 is 11.5 Å². The summed E-state index contributed by atoms with van der Waals surface area (Å²) in [5.41, 5.74) is 1.40. The number of hydrogen-bond donors (Lipinski definition) is 1. The number of aryl methyl sites for hydroxylation is 1. The molecule has 0 fully saturated rings. The van der Waals surface area contributed by atoms with Crippen molar-refractivity contribution in [2.24, 2.45) is 0 Å². The molecule has 0 amide bonds. The quantitative estimate of drug-likeness (QED) is 0.792. The van der Waals surface area contributed by atoms with Gasteiger partial charge in [0.2, 0.25) is 5.95 Å². The lowest BCUT2D eigenvalue weighted by molar-refractivity contribution is 0.580. The number of rotatable bonds is 2. The third kappa shape index (κ3) is 2.31. The summed E-state index contributed by atoms with van der Waals surface area (Å²) in [6.45, 7) is 1.75. The molecule has 0 bridgehead atoms. The summed E-state index contributed by atoms with van der Waals surface area (Å²) in [5, 5.41) is 2.88. The summed E-state index contributed by atoms with van der Waals surface area (Å²) >= 11 is 0. The molecular weight excluding hydrogens is 212 g/mol. The van der Waals surface area contributed by atoms with Gasteiger partial charge in [0, 0.05) is 11.8 Å². The Kier molecular flexibility index (Phi) is 2.76. The predicted molar refractivity (Wildman–Crippen MR) is 56.4 cm³/mol. The van der Waals surface area contributed by atoms with Crippen molar-refractivity contribution in [3.63, 3.8) is 0 Å². The highest BCUT2D eigenvalue weighted by molar-refractivity contribution is 5.59. The zero-order chi connectivity index (χ0) is 11.5. The van der Waals surface area contributed by atoms with Crippen molar-refractivity contribution in [2.45, 2.75) is 6.92 Å². The van der Waals surface area contributed by atoms with E-state index in [1.54, 1.807) is 13.0 Å². The van der Waals surface area contributed by atoms with Crippen LogP contribution in [0.5, 0.6) is 0 Å². The van der Waals surface area contributed by atoms with Crippen molar-refractivity contribution in [1.82, 2.24) is 9.97 Å². The van der Waals surface area contributed by atoms with Crippen LogP contribution in [0.2, 0.25) is 0 Å². The molecule has 0 saturated heterocycles. The Balaban J connectivity index is 2.27. The lowest BCUT2D eigenvalue weighted by Gasteiger charge is -2.08. The topological polar surface area (TPSA) is 37.8 Å². The fraction of sp³-hybridized carbons (Fsp3) is 0.0909. The van der Waals surface area contributed by atoms with E-state index in [0.717, 1.165) is 11.9 Å². The van der Waals surface area contributed by atoms with Gasteiger partial charge in [0.25, 0.3) is 0 Å². The number of halogens is 2. The summed E-state index contributed by atoms with van der Waals surface area (Å²) in [7, 11) is 0. The number of benzene rings is 1. The van der Waals surface area contributed by atoms with Gasteiger partial charge in [-0.15, -0.1) is 0 Å². The predicted octanol–water partition coefficient (Wildman–Crippen LogP) is 2.81. The highest BCUT2D eigenvalue weighted by Crippen LogP contribution is 2.19. The molecule has 1 aromatic carbocycles. The monoisotopic (exact) mass is 221 g/mol. The van der Waals surface area contributed by atoms with Crippen LogP contribution in [0.4, 0.5) is 20.3 Å². The molecule has 82 valence electrons. The van der Waals surface area contributed by atoms with Gasteiger partial charge in [-0.2, -0.15) is 4.39 Å². The van der Waals surface area contributed by atoms with Crippen LogP contribution in [0.25, 0.3) is 0 Å². The van der Waals surface area contributed by atoms with E-state index in [4.69, 9.17) is 0 Å². The normalized spacial score (nSPS) is 10.2. The zero-order valence-electron chi connectivity index (χ0n) is 8.54. The molecule has 0 aliphatic rings. The molecule has 0 aliphatic carbocycles. The van der Waals surface area contributed by atoms with Crippen LogP contribution in [0, 0.1) is 18.7 Å². The zero-order valence-corrected chi connectivity index (χ0v) is 8.54. The molecule has 0 saturated carbocycles. The van der Waals surface area contributed by atoms with E-state index in [1.165, 1.54) is 18.2 Å². The second-order valence-electron chi connectivity index (χ2n) is 3.31. The van der Waals surface area contributed by atoms with Gasteiger partial charge < -0.3 is 5.32 Å². The fourth-order valence-corrected chi connectivity index (χ4v) is 1.31. The number of nitrogens with zero attached hydrogens (tertiary/aromatic N) is 2. The van der Waals surface area contributed by atoms with Crippen LogP contribution < -0.4 is 5.32 Å². The number of anilines is 2. The van der Waals surface area contributed by atoms with Crippen LogP contribution in [-0.4, -0.2) is 9.97 Å². The Morgan fingerprint density at radius 3 is 2.62 bits per heavy atom. The van der Waals surface area contributed by atoms with Gasteiger partial charge in [-0.25, -0.2) is 14.4 Å². The minimum atomic E-state index is -0.614. The average Bonchev–Trinajstić information content (AvgIpc) is 2.22. The van der Waals surface area contributed by atoms with Gasteiger partial charge in [-0.3, -0.25) is 0 Å². The highest BCUT2D eigenvalue weighted by Gasteiger charge is 2.02. The van der Waals surface area contributed by atoms with E-state index < -0.39 is 5.95 Å². The first-order valence-corrected chi connectivity index (χ1v) is 4.66. The van der Waals surface area contributed by atoms with Crippen LogP contribution in [0.1, 0.15) is 5.56 Å². The van der Waals surface area contributed by atoms with E-state index >= 15 is 0 Å². The van der Waals surface area contributed by atoms with E-state index in [2.05, 4.69) is 15.3 Å². The standard InChI is InChI=1S/C11H9F2N3/c1-7-4-8(12)2-3-9(7)16-11-5-10(13)14-6-15-11/h2-6H,1H3,(H,14,15,16). The third-order valence-electron chi connectivity index (χ3n) is 2.08. The molecule has 3 nitrogen and oxygen atoms in total. The van der Waals surface area contributed by atoms with Gasteiger partial charge in [0.1, 0.15) is 18.0 Å². The Morgan fingerprint density at radius 1 is 1.12 bits per heavy atom. The first kappa shape index (κ1) is 10.5. The molecule has 0 radical (unpaired) electrons. The average molecular weight is 221 g/mol. The second-order valence-corrected chi connectivity index (χ2v) is 3.31. The Bertz CT molecular complexity index is 514. The number of aromatic nitrogens is 2. The molecule has 0 unspecified atom stereocenters. The number of nitrogens with one attached hydrogen (secondary N) is 1. The maximum absolute atomic E-state index is 12.8. The van der Waals surface area contributed by atoms with Crippen LogP contribution in [-0.2, 0) is 0 Å². The van der Waals surface area contributed by atoms with Gasteiger partial charge in [-0.1, -0.05) is 0 Å². The minimum absolute atomic E-state index is 0.308. The first-order valence-electron chi connectivity index (χ1n) is 4.66. The molecule has 5 heteroatoms. The van der Waals surface area contributed by atoms with Crippen LogP contribution >= 0.6 is 0 Å². The lowest BCUT2D eigenvalue weighted by Crippen LogP contribution is -1.97. The minimum Gasteiger partial charge on any atom is -0.340 e. The third-order valence-corrected chi connectivity index (χ3v) is 2.08. The molecule has 0 spiro atoms. The molecule has 0 atom stereocenters. The molecule has 1 aromatic heterocycles. The van der Waals surface area contributed by atoms with Gasteiger partial charge in [-0.05, 0) is 30.7 Å². The summed E-state index contributed by atoms with van der Waals surface area (Å²) in [4.78, 5) is 7.18. The largest absolute Gasteiger partial charge is 0.340 e. The van der Waals surface area contributed by atoms with E-state index in [9.17, 15) is 8.78 Å². The summed E-state index contributed by atoms with van der Waals surface area (Å²) in [6, 6.07) is 5.46. The van der Waals surface area contributed by atoms with E-state index in [1.807, 2.05) is 0 Å². The SMILES string of the molecule is Cc1cc(F)ccc1Nc1cc(F)ncn1. The fourth-order valence-electron chi connectivity index (χ4n) is 1.31. The molecule has 1 heterocycles. The summed E-state index contributed by atoms with van der Waals surface area (Å²) in [6.07, 6.45) is 1.12. The maximum atomic E-state index is 12.8. The first-order chi connectivity index (χ1) is 7.65. The lowest BCUT2D eigenvalue weighted by atomic mass is 10.2. The summed E-state index contributed by atoms with van der Waals surface area (Å²) in [5.74, 6) is -0.587. The van der Waals surface area contributed by atoms with Gasteiger partial charge >= 0.3 is 0 Å². The van der Waals surface area contributed by atoms with Gasteiger partial charge in [0.05, 0.1) is 0 Å². The molecule has 0 aliphatic heterocycles. The van der Waals surface area contributed by atoms with Crippen molar-refractivity contribution in [1.29, 1.82) is 0 Å². The molecule has 2 rings (SSSR count). The van der Waals surface area contributed by atoms with Crippen LogP contribution in [0.3, 0.4) is 0 Å². The van der Waals surface area contributed by atoms with E-state index in [0.29, 0.717) is 11.5 Å². The molecular formula is C11H9F2N3. The number of hydrogen-bond acceptors (Lipinski definition) is 3. The Labute approximate surface area is 91.2 Å². The second kappa shape index (κ2) is 4.22. The van der Waals surface area contributed by atoms with Crippen molar-refractivity contribution in [2.75, 3.05) is 5.32 Å². The Morgan fingerprint density at radius 2 is 1.94 bits per heavy atom. The van der Waals surface area contributed by atoms with Gasteiger partial charge in [0.15, 0.2) is 0 Å². The molecule has 16 heavy (non-hydrogen) atoms. The van der Waals surface area contributed by atoms with Crippen molar-refractivity contribution in [3.05, 3.63) is 47.9 Å². The summed E-state index contributed by atoms with van der Waals surface area (Å²) < 4.78 is 25.6. The highest BCUT2D eigenvalue weighted by atomic mass is 19.1. The maximum Gasteiger partial charge on any atom is 0.218 e. The van der Waals surface area contributed by atoms with Crippen LogP contribution in [0.15, 0.2) is 30.6 Å². The Hall–Kier alpha value is -2.04. The molecule has 1 N–H and O–H groups in total. The molecule has 2 aromatic rings. The van der Waals surface area contributed by atoms with Crippen molar-refractivity contribution in [3.8, 4) is 0 Å².